The van der Waals surface area contributed by atoms with Crippen LogP contribution in [0, 0.1) is 5.82 Å². The van der Waals surface area contributed by atoms with Crippen molar-refractivity contribution in [2.24, 2.45) is 4.99 Å². The number of carboxylic acid groups (broad SMARTS) is 1. The predicted octanol–water partition coefficient (Wildman–Crippen LogP) is 4.42. The molecule has 12 heteroatoms. The normalized spacial score (nSPS) is 28.7. The van der Waals surface area contributed by atoms with Crippen LogP contribution in [0.25, 0.3) is 0 Å². The summed E-state index contributed by atoms with van der Waals surface area (Å²) in [5, 5.41) is 9.72. The molecule has 2 aromatic carbocycles. The number of fused-ring (bicyclic) bond motifs is 2. The second-order valence-corrected chi connectivity index (χ2v) is 12.9. The van der Waals surface area contributed by atoms with Crippen LogP contribution in [-0.2, 0) is 9.53 Å². The molecule has 2 aromatic rings. The largest absolute Gasteiger partial charge is 0.485 e. The summed E-state index contributed by atoms with van der Waals surface area (Å²) in [6.45, 7) is 6.96. The molecule has 0 aromatic heterocycles. The molecule has 7 rings (SSSR count). The Kier molecular flexibility index (Phi) is 7.46. The number of piperazine rings is 1. The lowest BCUT2D eigenvalue weighted by atomic mass is 10.1. The van der Waals surface area contributed by atoms with Crippen LogP contribution in [-0.4, -0.2) is 96.2 Å². The summed E-state index contributed by atoms with van der Waals surface area (Å²) in [6.07, 6.45) is 2.44. The number of carbonyl (C=O) groups is 1. The van der Waals surface area contributed by atoms with E-state index >= 15 is 0 Å². The number of carboxylic acids is 1. The van der Waals surface area contributed by atoms with Crippen molar-refractivity contribution in [2.45, 2.75) is 43.0 Å². The molecule has 0 radical (unpaired) electrons. The maximum atomic E-state index is 14.7. The zero-order valence-corrected chi connectivity index (χ0v) is 24.7. The Hall–Kier alpha value is -2.99. The lowest BCUT2D eigenvalue weighted by molar-refractivity contribution is -0.131. The SMILES string of the molecule is CC1CN(c2cccc3c2O[C@@H](c2ccc(Cl)cc2F)CO3)CCN1CC1=NC2SC(C(=O)O)=CC2N1CC1CCO1. The number of para-hydroxylation sites is 1. The average Bonchev–Trinajstić information content (AvgIpc) is 3.50. The van der Waals surface area contributed by atoms with Gasteiger partial charge in [-0.15, -0.1) is 0 Å². The summed E-state index contributed by atoms with van der Waals surface area (Å²) < 4.78 is 32.8. The van der Waals surface area contributed by atoms with Crippen LogP contribution < -0.4 is 14.4 Å². The maximum Gasteiger partial charge on any atom is 0.341 e. The molecule has 222 valence electrons. The van der Waals surface area contributed by atoms with Gasteiger partial charge in [0, 0.05) is 49.4 Å². The van der Waals surface area contributed by atoms with Crippen LogP contribution in [0.1, 0.15) is 25.0 Å². The predicted molar refractivity (Wildman–Crippen MR) is 159 cm³/mol. The van der Waals surface area contributed by atoms with Gasteiger partial charge in [0.05, 0.1) is 29.3 Å². The molecule has 0 bridgehead atoms. The maximum absolute atomic E-state index is 14.7. The van der Waals surface area contributed by atoms with Gasteiger partial charge in [-0.25, -0.2) is 9.18 Å². The van der Waals surface area contributed by atoms with Crippen molar-refractivity contribution in [2.75, 3.05) is 50.8 Å². The number of amidine groups is 1. The van der Waals surface area contributed by atoms with Crippen LogP contribution in [0.5, 0.6) is 11.5 Å². The molecule has 5 atom stereocenters. The summed E-state index contributed by atoms with van der Waals surface area (Å²) in [7, 11) is 0. The van der Waals surface area contributed by atoms with Gasteiger partial charge in [-0.3, -0.25) is 9.89 Å². The summed E-state index contributed by atoms with van der Waals surface area (Å²) >= 11 is 7.29. The number of benzene rings is 2. The number of halogens is 2. The minimum atomic E-state index is -0.891. The van der Waals surface area contributed by atoms with Gasteiger partial charge in [-0.2, -0.15) is 0 Å². The standard InChI is InChI=1S/C30H32ClFN4O5S/c1-17-13-35(22-3-2-4-24-28(22)41-25(16-40-24)20-6-5-18(31)11-21(20)32)9-8-34(17)15-27-33-29-23(12-26(42-29)30(37)38)36(27)14-19-7-10-39-19/h2-6,11-12,17,19,23,25,29H,7-10,13-16H2,1H3,(H,37,38)/t17?,19?,23?,25-,29?/m1/s1. The number of anilines is 1. The number of rotatable bonds is 7. The fourth-order valence-corrected chi connectivity index (χ4v) is 7.50. The van der Waals surface area contributed by atoms with Gasteiger partial charge in [0.25, 0.3) is 0 Å². The summed E-state index contributed by atoms with van der Waals surface area (Å²) in [5.74, 6) is 0.972. The third-order valence-corrected chi connectivity index (χ3v) is 10.0. The van der Waals surface area contributed by atoms with Crippen LogP contribution in [0.3, 0.4) is 0 Å². The van der Waals surface area contributed by atoms with Gasteiger partial charge in [0.1, 0.15) is 23.6 Å². The highest BCUT2D eigenvalue weighted by atomic mass is 35.5. The molecular weight excluding hydrogens is 583 g/mol. The quantitative estimate of drug-likeness (QED) is 0.487. The van der Waals surface area contributed by atoms with E-state index in [1.807, 2.05) is 24.3 Å². The Bertz CT molecular complexity index is 1450. The van der Waals surface area contributed by atoms with E-state index in [-0.39, 0.29) is 30.2 Å². The van der Waals surface area contributed by atoms with Crippen LogP contribution >= 0.6 is 23.4 Å². The minimum Gasteiger partial charge on any atom is -0.485 e. The summed E-state index contributed by atoms with van der Waals surface area (Å²) in [4.78, 5) is 23.9. The van der Waals surface area contributed by atoms with E-state index in [2.05, 4.69) is 21.6 Å². The molecule has 2 saturated heterocycles. The molecule has 9 nitrogen and oxygen atoms in total. The molecule has 0 aliphatic carbocycles. The van der Waals surface area contributed by atoms with Gasteiger partial charge >= 0.3 is 5.97 Å². The second kappa shape index (κ2) is 11.3. The van der Waals surface area contributed by atoms with Crippen molar-refractivity contribution < 1.29 is 28.5 Å². The monoisotopic (exact) mass is 614 g/mol. The average molecular weight is 615 g/mol. The second-order valence-electron chi connectivity index (χ2n) is 11.3. The number of aliphatic imine (C=N–C) groups is 1. The van der Waals surface area contributed by atoms with Crippen molar-refractivity contribution >= 4 is 40.9 Å². The lowest BCUT2D eigenvalue weighted by Crippen LogP contribution is -2.55. The van der Waals surface area contributed by atoms with Crippen molar-refractivity contribution in [1.29, 1.82) is 0 Å². The first kappa shape index (κ1) is 27.8. The summed E-state index contributed by atoms with van der Waals surface area (Å²) in [5.41, 5.74) is 1.35. The van der Waals surface area contributed by atoms with Gasteiger partial charge in [0.15, 0.2) is 17.6 Å². The first-order chi connectivity index (χ1) is 20.3. The van der Waals surface area contributed by atoms with E-state index in [4.69, 9.17) is 30.8 Å². The molecule has 0 saturated carbocycles. The van der Waals surface area contributed by atoms with Crippen molar-refractivity contribution in [3.05, 3.63) is 63.8 Å². The van der Waals surface area contributed by atoms with E-state index in [1.165, 1.54) is 17.8 Å². The molecule has 2 fully saturated rings. The molecule has 0 amide bonds. The zero-order chi connectivity index (χ0) is 29.0. The van der Waals surface area contributed by atoms with E-state index in [0.717, 1.165) is 50.7 Å². The Morgan fingerprint density at radius 2 is 2.12 bits per heavy atom. The fraction of sp³-hybridized carbons (Fsp3) is 0.467. The van der Waals surface area contributed by atoms with Crippen molar-refractivity contribution in [3.63, 3.8) is 0 Å². The molecule has 5 aliphatic heterocycles. The Morgan fingerprint density at radius 1 is 1.26 bits per heavy atom. The molecular formula is C30H32ClFN4O5S. The number of thioether (sulfide) groups is 1. The number of hydrogen-bond donors (Lipinski definition) is 1. The topological polar surface area (TPSA) is 87.1 Å². The fourth-order valence-electron chi connectivity index (χ4n) is 6.22. The highest BCUT2D eigenvalue weighted by molar-refractivity contribution is 8.04. The van der Waals surface area contributed by atoms with Crippen LogP contribution in [0.4, 0.5) is 10.1 Å². The number of hydrogen-bond acceptors (Lipinski definition) is 9. The van der Waals surface area contributed by atoms with E-state index in [1.54, 1.807) is 12.1 Å². The van der Waals surface area contributed by atoms with E-state index < -0.39 is 17.9 Å². The lowest BCUT2D eigenvalue weighted by Gasteiger charge is -2.43. The molecule has 42 heavy (non-hydrogen) atoms. The Balaban J connectivity index is 1.05. The zero-order valence-electron chi connectivity index (χ0n) is 23.1. The molecule has 0 spiro atoms. The van der Waals surface area contributed by atoms with Gasteiger partial charge < -0.3 is 29.1 Å². The Labute approximate surface area is 252 Å². The van der Waals surface area contributed by atoms with Crippen LogP contribution in [0.2, 0.25) is 5.02 Å². The number of ether oxygens (including phenoxy) is 3. The highest BCUT2D eigenvalue weighted by Gasteiger charge is 2.44. The van der Waals surface area contributed by atoms with Crippen LogP contribution in [0.15, 0.2) is 52.4 Å². The first-order valence-corrected chi connectivity index (χ1v) is 15.5. The third-order valence-electron chi connectivity index (χ3n) is 8.60. The van der Waals surface area contributed by atoms with Crippen molar-refractivity contribution in [1.82, 2.24) is 9.80 Å². The number of aliphatic carboxylic acids is 1. The molecule has 4 unspecified atom stereocenters. The smallest absolute Gasteiger partial charge is 0.341 e. The van der Waals surface area contributed by atoms with Gasteiger partial charge in [-0.1, -0.05) is 35.5 Å². The third kappa shape index (κ3) is 5.21. The summed E-state index contributed by atoms with van der Waals surface area (Å²) in [6, 6.07) is 10.6. The molecule has 1 N–H and O–H groups in total. The first-order valence-electron chi connectivity index (χ1n) is 14.3. The van der Waals surface area contributed by atoms with Crippen molar-refractivity contribution in [3.8, 4) is 11.5 Å². The Morgan fingerprint density at radius 3 is 2.86 bits per heavy atom. The van der Waals surface area contributed by atoms with Gasteiger partial charge in [-0.05, 0) is 43.7 Å². The number of nitrogens with zero attached hydrogens (tertiary/aromatic N) is 4. The van der Waals surface area contributed by atoms with E-state index in [9.17, 15) is 14.3 Å². The molecule has 5 aliphatic rings. The van der Waals surface area contributed by atoms with Gasteiger partial charge in [0.2, 0.25) is 0 Å². The minimum absolute atomic E-state index is 0.0525. The molecule has 5 heterocycles. The van der Waals surface area contributed by atoms with E-state index in [0.29, 0.717) is 33.5 Å². The highest BCUT2D eigenvalue weighted by Crippen LogP contribution is 2.45.